The van der Waals surface area contributed by atoms with E-state index in [0.29, 0.717) is 24.8 Å². The molecule has 1 aliphatic rings. The minimum Gasteiger partial charge on any atom is -0.464 e. The molecule has 2 aromatic rings. The van der Waals surface area contributed by atoms with E-state index in [1.807, 2.05) is 6.07 Å². The predicted octanol–water partition coefficient (Wildman–Crippen LogP) is 2.08. The van der Waals surface area contributed by atoms with Gasteiger partial charge in [0.05, 0.1) is 13.1 Å². The largest absolute Gasteiger partial charge is 0.464 e. The lowest BCUT2D eigenvalue weighted by Crippen LogP contribution is -2.13. The maximum absolute atomic E-state index is 5.77. The maximum atomic E-state index is 5.77. The van der Waals surface area contributed by atoms with Crippen LogP contribution in [0.1, 0.15) is 36.6 Å². The highest BCUT2D eigenvalue weighted by Gasteiger charge is 2.36. The van der Waals surface area contributed by atoms with Crippen molar-refractivity contribution in [3.05, 3.63) is 35.9 Å². The van der Waals surface area contributed by atoms with Crippen LogP contribution >= 0.6 is 0 Å². The molecule has 0 radical (unpaired) electrons. The molecule has 0 spiro atoms. The van der Waals surface area contributed by atoms with E-state index in [0.717, 1.165) is 17.4 Å². The Morgan fingerprint density at radius 3 is 3.00 bits per heavy atom. The summed E-state index contributed by atoms with van der Waals surface area (Å²) in [5.74, 6) is 4.16. The van der Waals surface area contributed by atoms with Gasteiger partial charge in [-0.3, -0.25) is 0 Å². The number of hydrogen-bond acceptors (Lipinski definition) is 5. The topological polar surface area (TPSA) is 64.1 Å². The summed E-state index contributed by atoms with van der Waals surface area (Å²) >= 11 is 0. The van der Waals surface area contributed by atoms with Gasteiger partial charge < -0.3 is 14.3 Å². The fourth-order valence-corrected chi connectivity index (χ4v) is 1.98. The fraction of sp³-hybridized carbons (Fsp3) is 0.500. The molecule has 2 atom stereocenters. The van der Waals surface area contributed by atoms with Crippen LogP contribution in [0.15, 0.2) is 27.5 Å². The smallest absolute Gasteiger partial charge is 0.213 e. The molecule has 1 saturated carbocycles. The zero-order valence-electron chi connectivity index (χ0n) is 9.72. The second-order valence-electron chi connectivity index (χ2n) is 4.57. The second-order valence-corrected chi connectivity index (χ2v) is 4.57. The molecule has 2 heterocycles. The Labute approximate surface area is 99.2 Å². The van der Waals surface area contributed by atoms with Crippen molar-refractivity contribution >= 4 is 0 Å². The first-order chi connectivity index (χ1) is 8.33. The van der Waals surface area contributed by atoms with Gasteiger partial charge in [0.1, 0.15) is 11.5 Å². The van der Waals surface area contributed by atoms with Gasteiger partial charge in [0, 0.05) is 5.92 Å². The average molecular weight is 233 g/mol. The minimum atomic E-state index is 0.590. The second kappa shape index (κ2) is 4.33. The van der Waals surface area contributed by atoms with E-state index in [-0.39, 0.29) is 0 Å². The molecule has 0 aliphatic heterocycles. The highest BCUT2D eigenvalue weighted by atomic mass is 16.5. The van der Waals surface area contributed by atoms with Crippen molar-refractivity contribution in [2.75, 3.05) is 0 Å². The third-order valence-electron chi connectivity index (χ3n) is 3.15. The van der Waals surface area contributed by atoms with Crippen molar-refractivity contribution in [1.82, 2.24) is 15.5 Å². The summed E-state index contributed by atoms with van der Waals surface area (Å²) in [7, 11) is 0. The molecule has 17 heavy (non-hydrogen) atoms. The van der Waals surface area contributed by atoms with E-state index >= 15 is 0 Å². The number of hydrogen-bond donors (Lipinski definition) is 1. The van der Waals surface area contributed by atoms with E-state index in [1.165, 1.54) is 12.8 Å². The van der Waals surface area contributed by atoms with Gasteiger partial charge in [-0.2, -0.15) is 4.98 Å². The van der Waals surface area contributed by atoms with Gasteiger partial charge in [-0.15, -0.1) is 0 Å². The van der Waals surface area contributed by atoms with Crippen molar-refractivity contribution in [3.63, 3.8) is 0 Å². The van der Waals surface area contributed by atoms with Gasteiger partial charge in [-0.1, -0.05) is 12.1 Å². The molecular formula is C12H15N3O2. The van der Waals surface area contributed by atoms with Gasteiger partial charge in [0.25, 0.3) is 0 Å². The lowest BCUT2D eigenvalue weighted by Gasteiger charge is -1.98. The number of aromatic nitrogens is 2. The molecule has 2 aromatic heterocycles. The zero-order chi connectivity index (χ0) is 11.7. The molecule has 0 aromatic carbocycles. The molecule has 3 rings (SSSR count). The number of nitrogens with one attached hydrogen (secondary N) is 1. The van der Waals surface area contributed by atoms with Crippen molar-refractivity contribution in [1.29, 1.82) is 0 Å². The first-order valence-electron chi connectivity index (χ1n) is 5.87. The van der Waals surface area contributed by atoms with Crippen molar-refractivity contribution < 1.29 is 8.94 Å². The van der Waals surface area contributed by atoms with Crippen LogP contribution in [-0.2, 0) is 13.1 Å². The Hall–Kier alpha value is -1.62. The molecule has 1 N–H and O–H groups in total. The average Bonchev–Trinajstić information content (AvgIpc) is 2.76. The van der Waals surface area contributed by atoms with Crippen LogP contribution in [-0.4, -0.2) is 10.1 Å². The van der Waals surface area contributed by atoms with Gasteiger partial charge in [0.2, 0.25) is 6.39 Å². The summed E-state index contributed by atoms with van der Waals surface area (Å²) in [6.07, 6.45) is 2.58. The van der Waals surface area contributed by atoms with Crippen molar-refractivity contribution in [2.45, 2.75) is 32.4 Å². The standard InChI is InChI=1S/C12H15N3O2/c1-8-4-10(8)11-3-2-9(17-11)5-13-6-12-14-7-16-15-12/h2-3,7-8,10,13H,4-6H2,1H3. The van der Waals surface area contributed by atoms with Crippen molar-refractivity contribution in [2.24, 2.45) is 5.92 Å². The van der Waals surface area contributed by atoms with E-state index in [1.54, 1.807) is 0 Å². The van der Waals surface area contributed by atoms with Gasteiger partial charge >= 0.3 is 0 Å². The van der Waals surface area contributed by atoms with E-state index in [2.05, 4.69) is 33.0 Å². The van der Waals surface area contributed by atoms with E-state index in [9.17, 15) is 0 Å². The highest BCUT2D eigenvalue weighted by molar-refractivity contribution is 5.17. The molecule has 5 heteroatoms. The van der Waals surface area contributed by atoms with E-state index < -0.39 is 0 Å². The summed E-state index contributed by atoms with van der Waals surface area (Å²) < 4.78 is 10.4. The molecule has 5 nitrogen and oxygen atoms in total. The molecule has 0 amide bonds. The molecule has 90 valence electrons. The lowest BCUT2D eigenvalue weighted by molar-refractivity contribution is 0.404. The van der Waals surface area contributed by atoms with Crippen LogP contribution in [0.2, 0.25) is 0 Å². The summed E-state index contributed by atoms with van der Waals surface area (Å²) in [5.41, 5.74) is 0. The Balaban J connectivity index is 1.50. The van der Waals surface area contributed by atoms with Crippen LogP contribution in [0, 0.1) is 5.92 Å². The molecular weight excluding hydrogens is 218 g/mol. The summed E-state index contributed by atoms with van der Waals surface area (Å²) in [6.45, 7) is 3.53. The monoisotopic (exact) mass is 233 g/mol. The maximum Gasteiger partial charge on any atom is 0.213 e. The van der Waals surface area contributed by atoms with Crippen LogP contribution in [0.25, 0.3) is 0 Å². The molecule has 2 unspecified atom stereocenters. The Morgan fingerprint density at radius 2 is 2.29 bits per heavy atom. The quantitative estimate of drug-likeness (QED) is 0.856. The molecule has 1 aliphatic carbocycles. The van der Waals surface area contributed by atoms with Crippen LogP contribution in [0.5, 0.6) is 0 Å². The van der Waals surface area contributed by atoms with Crippen molar-refractivity contribution in [3.8, 4) is 0 Å². The third-order valence-corrected chi connectivity index (χ3v) is 3.15. The van der Waals surface area contributed by atoms with Gasteiger partial charge in [-0.25, -0.2) is 0 Å². The first-order valence-corrected chi connectivity index (χ1v) is 5.87. The number of furan rings is 1. The Bertz CT molecular complexity index is 478. The number of nitrogens with zero attached hydrogens (tertiary/aromatic N) is 2. The van der Waals surface area contributed by atoms with Gasteiger partial charge in [-0.05, 0) is 24.5 Å². The first kappa shape index (κ1) is 10.5. The third kappa shape index (κ3) is 2.39. The number of rotatable bonds is 5. The molecule has 0 saturated heterocycles. The highest BCUT2D eigenvalue weighted by Crippen LogP contribution is 2.47. The lowest BCUT2D eigenvalue weighted by atomic mass is 10.3. The minimum absolute atomic E-state index is 0.590. The van der Waals surface area contributed by atoms with Crippen LogP contribution in [0.4, 0.5) is 0 Å². The Kier molecular flexibility index (Phi) is 2.68. The van der Waals surface area contributed by atoms with Gasteiger partial charge in [0.15, 0.2) is 5.82 Å². The molecule has 0 bridgehead atoms. The van der Waals surface area contributed by atoms with Crippen LogP contribution in [0.3, 0.4) is 0 Å². The Morgan fingerprint density at radius 1 is 1.41 bits per heavy atom. The predicted molar refractivity (Wildman–Crippen MR) is 60.1 cm³/mol. The summed E-state index contributed by atoms with van der Waals surface area (Å²) in [6, 6.07) is 4.11. The zero-order valence-corrected chi connectivity index (χ0v) is 9.72. The van der Waals surface area contributed by atoms with Crippen LogP contribution < -0.4 is 5.32 Å². The summed E-state index contributed by atoms with van der Waals surface area (Å²) in [4.78, 5) is 3.93. The SMILES string of the molecule is CC1CC1c1ccc(CNCc2ncon2)o1. The normalized spacial score (nSPS) is 22.9. The fourth-order valence-electron chi connectivity index (χ4n) is 1.98. The molecule has 1 fully saturated rings. The summed E-state index contributed by atoms with van der Waals surface area (Å²) in [5, 5.41) is 6.93. The van der Waals surface area contributed by atoms with E-state index in [4.69, 9.17) is 4.42 Å².